The minimum atomic E-state index is -1.68. The molecule has 11 nitrogen and oxygen atoms in total. The van der Waals surface area contributed by atoms with E-state index in [1.807, 2.05) is 0 Å². The van der Waals surface area contributed by atoms with E-state index in [-0.39, 0.29) is 29.8 Å². The zero-order valence-corrected chi connectivity index (χ0v) is 19.6. The number of hydrogen-bond acceptors (Lipinski definition) is 7. The molecule has 0 aliphatic rings. The Bertz CT molecular complexity index is 1120. The molecule has 2 rings (SSSR count). The minimum absolute atomic E-state index is 0.0309. The number of carboxylic acids is 1. The van der Waals surface area contributed by atoms with Crippen LogP contribution in [0.2, 0.25) is 0 Å². The molecule has 0 saturated heterocycles. The summed E-state index contributed by atoms with van der Waals surface area (Å²) in [4.78, 5) is 59.6. The second kappa shape index (κ2) is 12.9. The molecule has 0 bridgehead atoms. The number of halogens is 1. The van der Waals surface area contributed by atoms with Gasteiger partial charge in [0.1, 0.15) is 17.9 Å². The smallest absolute Gasteiger partial charge is 0.326 e. The number of amides is 2. The monoisotopic (exact) mass is 503 g/mol. The molecule has 0 aliphatic heterocycles. The summed E-state index contributed by atoms with van der Waals surface area (Å²) < 4.78 is 19.1. The van der Waals surface area contributed by atoms with Crippen LogP contribution >= 0.6 is 0 Å². The van der Waals surface area contributed by atoms with Gasteiger partial charge >= 0.3 is 11.9 Å². The lowest BCUT2D eigenvalue weighted by molar-refractivity contribution is -0.384. The van der Waals surface area contributed by atoms with Crippen molar-refractivity contribution in [2.45, 2.75) is 44.7 Å². The molecule has 2 aromatic carbocycles. The Hall–Kier alpha value is -4.35. The molecule has 12 heteroatoms. The van der Waals surface area contributed by atoms with Crippen molar-refractivity contribution in [2.24, 2.45) is 0 Å². The predicted molar refractivity (Wildman–Crippen MR) is 124 cm³/mol. The fourth-order valence-electron chi connectivity index (χ4n) is 3.60. The lowest BCUT2D eigenvalue weighted by Gasteiger charge is -2.27. The van der Waals surface area contributed by atoms with Crippen LogP contribution in [-0.4, -0.2) is 52.5 Å². The minimum Gasteiger partial charge on any atom is -0.480 e. The van der Waals surface area contributed by atoms with E-state index in [0.717, 1.165) is 19.1 Å². The van der Waals surface area contributed by atoms with Crippen molar-refractivity contribution in [3.63, 3.8) is 0 Å². The molecule has 0 unspecified atom stereocenters. The number of benzene rings is 2. The summed E-state index contributed by atoms with van der Waals surface area (Å²) in [6.07, 6.45) is -0.717. The number of rotatable bonds is 12. The number of nitro groups is 1. The van der Waals surface area contributed by atoms with Crippen LogP contribution in [0.1, 0.15) is 37.3 Å². The van der Waals surface area contributed by atoms with Gasteiger partial charge in [-0.3, -0.25) is 24.5 Å². The number of non-ortho nitro benzene ring substituents is 1. The number of ether oxygens (including phenoxy) is 1. The summed E-state index contributed by atoms with van der Waals surface area (Å²) in [5.74, 6) is -5.54. The van der Waals surface area contributed by atoms with Gasteiger partial charge in [0.15, 0.2) is 0 Å². The first-order valence-electron chi connectivity index (χ1n) is 11.0. The van der Waals surface area contributed by atoms with Crippen LogP contribution in [0.3, 0.4) is 0 Å². The standard InChI is InChI=1S/C24H26FN3O8/c1-3-36-21(30)13-18(15-8-10-17(11-9-15)28(34)35)22(24(32)33)27-23(31)20(26-14(2)29)12-16-6-4-5-7-19(16)25/h4-11,18,20,22H,3,12-13H2,1-2H3,(H,26,29)(H,27,31)(H,32,33)/t18-,20-,22+/m1/s1. The van der Waals surface area contributed by atoms with E-state index in [0.29, 0.717) is 0 Å². The van der Waals surface area contributed by atoms with Gasteiger partial charge in [-0.1, -0.05) is 30.3 Å². The van der Waals surface area contributed by atoms with Gasteiger partial charge in [-0.05, 0) is 24.1 Å². The van der Waals surface area contributed by atoms with Gasteiger partial charge in [-0.25, -0.2) is 9.18 Å². The highest BCUT2D eigenvalue weighted by Gasteiger charge is 2.35. The maximum atomic E-state index is 14.2. The normalized spacial score (nSPS) is 13.1. The van der Waals surface area contributed by atoms with Gasteiger partial charge < -0.3 is 20.5 Å². The molecule has 0 radical (unpaired) electrons. The number of nitro benzene ring substituents is 1. The Labute approximate surface area is 205 Å². The van der Waals surface area contributed by atoms with Gasteiger partial charge in [-0.2, -0.15) is 0 Å². The van der Waals surface area contributed by atoms with Crippen LogP contribution in [0.5, 0.6) is 0 Å². The molecule has 0 aliphatic carbocycles. The summed E-state index contributed by atoms with van der Waals surface area (Å²) in [7, 11) is 0. The predicted octanol–water partition coefficient (Wildman–Crippen LogP) is 2.09. The third-order valence-corrected chi connectivity index (χ3v) is 5.27. The van der Waals surface area contributed by atoms with Crippen molar-refractivity contribution in [1.29, 1.82) is 0 Å². The molecule has 36 heavy (non-hydrogen) atoms. The second-order valence-corrected chi connectivity index (χ2v) is 7.84. The Balaban J connectivity index is 2.39. The van der Waals surface area contributed by atoms with E-state index in [2.05, 4.69) is 10.6 Å². The largest absolute Gasteiger partial charge is 0.480 e. The van der Waals surface area contributed by atoms with E-state index in [1.54, 1.807) is 13.0 Å². The first-order chi connectivity index (χ1) is 17.0. The summed E-state index contributed by atoms with van der Waals surface area (Å²) in [6, 6.07) is 7.47. The topological polar surface area (TPSA) is 165 Å². The first-order valence-corrected chi connectivity index (χ1v) is 11.0. The van der Waals surface area contributed by atoms with Crippen LogP contribution in [-0.2, 0) is 30.3 Å². The van der Waals surface area contributed by atoms with Crippen molar-refractivity contribution in [2.75, 3.05) is 6.61 Å². The first kappa shape index (κ1) is 27.9. The number of carboxylic acid groups (broad SMARTS) is 1. The van der Waals surface area contributed by atoms with E-state index in [4.69, 9.17) is 4.74 Å². The van der Waals surface area contributed by atoms with Gasteiger partial charge in [-0.15, -0.1) is 0 Å². The van der Waals surface area contributed by atoms with Gasteiger partial charge in [0.05, 0.1) is 18.0 Å². The number of aliphatic carboxylic acids is 1. The average molecular weight is 503 g/mol. The molecule has 0 heterocycles. The zero-order chi connectivity index (χ0) is 26.8. The summed E-state index contributed by atoms with van der Waals surface area (Å²) >= 11 is 0. The number of nitrogens with one attached hydrogen (secondary N) is 2. The van der Waals surface area contributed by atoms with Crippen LogP contribution < -0.4 is 10.6 Å². The highest BCUT2D eigenvalue weighted by Crippen LogP contribution is 2.27. The molecule has 2 amide bonds. The Morgan fingerprint density at radius 3 is 2.25 bits per heavy atom. The molecule has 0 fully saturated rings. The lowest BCUT2D eigenvalue weighted by Crippen LogP contribution is -2.54. The number of hydrogen-bond donors (Lipinski definition) is 3. The van der Waals surface area contributed by atoms with Crippen LogP contribution in [0.25, 0.3) is 0 Å². The molecule has 0 saturated carbocycles. The molecule has 0 spiro atoms. The van der Waals surface area contributed by atoms with Crippen molar-refractivity contribution in [1.82, 2.24) is 10.6 Å². The fourth-order valence-corrected chi connectivity index (χ4v) is 3.60. The van der Waals surface area contributed by atoms with Crippen LogP contribution in [0.4, 0.5) is 10.1 Å². The van der Waals surface area contributed by atoms with E-state index < -0.39 is 58.9 Å². The number of carbonyl (C=O) groups is 4. The van der Waals surface area contributed by atoms with E-state index in [1.165, 1.54) is 30.3 Å². The number of nitrogens with zero attached hydrogens (tertiary/aromatic N) is 1. The molecule has 3 N–H and O–H groups in total. The quantitative estimate of drug-likeness (QED) is 0.225. The molecule has 192 valence electrons. The highest BCUT2D eigenvalue weighted by molar-refractivity contribution is 5.91. The third kappa shape index (κ3) is 7.86. The molecule has 3 atom stereocenters. The number of esters is 1. The van der Waals surface area contributed by atoms with Gasteiger partial charge in [0, 0.05) is 31.4 Å². The van der Waals surface area contributed by atoms with Gasteiger partial charge in [0.2, 0.25) is 11.8 Å². The SMILES string of the molecule is CCOC(=O)C[C@H](c1ccc([N+](=O)[O-])cc1)[C@H](NC(=O)[C@@H](Cc1ccccc1F)NC(C)=O)C(=O)O. The van der Waals surface area contributed by atoms with E-state index in [9.17, 15) is 38.8 Å². The Morgan fingerprint density at radius 1 is 1.08 bits per heavy atom. The summed E-state index contributed by atoms with van der Waals surface area (Å²) in [5.41, 5.74) is 0.100. The molecular formula is C24H26FN3O8. The van der Waals surface area contributed by atoms with Crippen molar-refractivity contribution < 1.29 is 38.3 Å². The second-order valence-electron chi connectivity index (χ2n) is 7.84. The molecule has 0 aromatic heterocycles. The van der Waals surface area contributed by atoms with Crippen molar-refractivity contribution in [3.05, 3.63) is 75.6 Å². The highest BCUT2D eigenvalue weighted by atomic mass is 19.1. The zero-order valence-electron chi connectivity index (χ0n) is 19.6. The van der Waals surface area contributed by atoms with Gasteiger partial charge in [0.25, 0.3) is 5.69 Å². The molecule has 2 aromatic rings. The van der Waals surface area contributed by atoms with Crippen molar-refractivity contribution in [3.8, 4) is 0 Å². The Morgan fingerprint density at radius 2 is 1.72 bits per heavy atom. The average Bonchev–Trinajstić information content (AvgIpc) is 2.82. The van der Waals surface area contributed by atoms with E-state index >= 15 is 0 Å². The molecular weight excluding hydrogens is 477 g/mol. The Kier molecular flexibility index (Phi) is 10.0. The lowest BCUT2D eigenvalue weighted by atomic mass is 9.88. The van der Waals surface area contributed by atoms with Crippen LogP contribution in [0, 0.1) is 15.9 Å². The fraction of sp³-hybridized carbons (Fsp3) is 0.333. The maximum absolute atomic E-state index is 14.2. The van der Waals surface area contributed by atoms with Crippen molar-refractivity contribution >= 4 is 29.4 Å². The number of carbonyl (C=O) groups excluding carboxylic acids is 3. The third-order valence-electron chi connectivity index (χ3n) is 5.27. The van der Waals surface area contributed by atoms with Crippen LogP contribution in [0.15, 0.2) is 48.5 Å². The summed E-state index contributed by atoms with van der Waals surface area (Å²) in [5, 5.41) is 25.6. The maximum Gasteiger partial charge on any atom is 0.326 e. The summed E-state index contributed by atoms with van der Waals surface area (Å²) in [6.45, 7) is 2.75.